The predicted molar refractivity (Wildman–Crippen MR) is 102 cm³/mol. The van der Waals surface area contributed by atoms with Gasteiger partial charge in [-0.2, -0.15) is 0 Å². The van der Waals surface area contributed by atoms with Gasteiger partial charge in [0.1, 0.15) is 17.7 Å². The first kappa shape index (κ1) is 17.5. The Morgan fingerprint density at radius 1 is 1.11 bits per heavy atom. The SMILES string of the molecule is O=C(CCn1nnc2ccccc2c1=O)NCc1cccnc1-n1ccnc1. The Kier molecular flexibility index (Phi) is 4.87. The molecule has 9 heteroatoms. The van der Waals surface area contributed by atoms with Gasteiger partial charge in [-0.05, 0) is 18.2 Å². The number of nitrogens with one attached hydrogen (secondary N) is 1. The number of nitrogens with zero attached hydrogens (tertiary/aromatic N) is 6. The molecule has 0 atom stereocenters. The van der Waals surface area contributed by atoms with E-state index in [0.29, 0.717) is 23.3 Å². The maximum Gasteiger partial charge on any atom is 0.277 e. The van der Waals surface area contributed by atoms with E-state index in [2.05, 4.69) is 25.6 Å². The highest BCUT2D eigenvalue weighted by Crippen LogP contribution is 2.10. The lowest BCUT2D eigenvalue weighted by Crippen LogP contribution is -2.29. The van der Waals surface area contributed by atoms with Crippen LogP contribution in [0.1, 0.15) is 12.0 Å². The van der Waals surface area contributed by atoms with E-state index in [9.17, 15) is 9.59 Å². The number of carbonyl (C=O) groups is 1. The number of imidazole rings is 1. The van der Waals surface area contributed by atoms with Gasteiger partial charge in [0.2, 0.25) is 5.91 Å². The average Bonchev–Trinajstić information content (AvgIpc) is 3.27. The summed E-state index contributed by atoms with van der Waals surface area (Å²) >= 11 is 0. The molecule has 28 heavy (non-hydrogen) atoms. The Balaban J connectivity index is 1.40. The van der Waals surface area contributed by atoms with Crippen molar-refractivity contribution < 1.29 is 4.79 Å². The van der Waals surface area contributed by atoms with Gasteiger partial charge in [-0.25, -0.2) is 14.6 Å². The van der Waals surface area contributed by atoms with Gasteiger partial charge >= 0.3 is 0 Å². The van der Waals surface area contributed by atoms with Crippen molar-refractivity contribution in [3.63, 3.8) is 0 Å². The quantitative estimate of drug-likeness (QED) is 0.540. The maximum absolute atomic E-state index is 12.4. The molecule has 0 radical (unpaired) electrons. The van der Waals surface area contributed by atoms with Gasteiger partial charge < -0.3 is 5.32 Å². The van der Waals surface area contributed by atoms with Crippen LogP contribution in [-0.4, -0.2) is 35.4 Å². The molecular formula is C19H17N7O2. The lowest BCUT2D eigenvalue weighted by molar-refractivity contribution is -0.121. The second kappa shape index (κ2) is 7.78. The van der Waals surface area contributed by atoms with Crippen LogP contribution >= 0.6 is 0 Å². The average molecular weight is 375 g/mol. The molecule has 0 unspecified atom stereocenters. The van der Waals surface area contributed by atoms with Crippen molar-refractivity contribution >= 4 is 16.8 Å². The first-order chi connectivity index (χ1) is 13.7. The number of benzene rings is 1. The van der Waals surface area contributed by atoms with E-state index in [4.69, 9.17) is 0 Å². The molecule has 0 saturated carbocycles. The second-order valence-corrected chi connectivity index (χ2v) is 6.12. The van der Waals surface area contributed by atoms with Gasteiger partial charge in [-0.15, -0.1) is 5.10 Å². The lowest BCUT2D eigenvalue weighted by atomic mass is 10.2. The third-order valence-electron chi connectivity index (χ3n) is 4.27. The van der Waals surface area contributed by atoms with Crippen molar-refractivity contribution in [2.75, 3.05) is 0 Å². The molecule has 0 bridgehead atoms. The predicted octanol–water partition coefficient (Wildman–Crippen LogP) is 1.08. The summed E-state index contributed by atoms with van der Waals surface area (Å²) in [5.41, 5.74) is 1.14. The summed E-state index contributed by atoms with van der Waals surface area (Å²) in [4.78, 5) is 33.0. The number of rotatable bonds is 6. The van der Waals surface area contributed by atoms with Gasteiger partial charge in [0.15, 0.2) is 0 Å². The maximum atomic E-state index is 12.4. The number of carbonyl (C=O) groups excluding carboxylic acids is 1. The van der Waals surface area contributed by atoms with Crippen LogP contribution in [0.4, 0.5) is 0 Å². The molecule has 0 fully saturated rings. The largest absolute Gasteiger partial charge is 0.352 e. The molecule has 0 saturated heterocycles. The first-order valence-corrected chi connectivity index (χ1v) is 8.74. The molecule has 1 amide bonds. The van der Waals surface area contributed by atoms with E-state index in [-0.39, 0.29) is 24.4 Å². The van der Waals surface area contributed by atoms with Gasteiger partial charge in [0.25, 0.3) is 5.56 Å². The van der Waals surface area contributed by atoms with Crippen molar-refractivity contribution in [1.82, 2.24) is 34.8 Å². The van der Waals surface area contributed by atoms with Gasteiger partial charge in [0.05, 0.1) is 11.9 Å². The Hall–Kier alpha value is -3.88. The molecule has 140 valence electrons. The lowest BCUT2D eigenvalue weighted by Gasteiger charge is -2.10. The number of hydrogen-bond acceptors (Lipinski definition) is 6. The van der Waals surface area contributed by atoms with Crippen molar-refractivity contribution in [3.05, 3.63) is 77.2 Å². The first-order valence-electron chi connectivity index (χ1n) is 8.74. The highest BCUT2D eigenvalue weighted by atomic mass is 16.2. The number of amides is 1. The van der Waals surface area contributed by atoms with Crippen molar-refractivity contribution in [1.29, 1.82) is 0 Å². The van der Waals surface area contributed by atoms with Crippen molar-refractivity contribution in [2.45, 2.75) is 19.5 Å². The third kappa shape index (κ3) is 3.63. The molecular weight excluding hydrogens is 358 g/mol. The zero-order valence-electron chi connectivity index (χ0n) is 14.9. The summed E-state index contributed by atoms with van der Waals surface area (Å²) in [5, 5.41) is 11.3. The normalized spacial score (nSPS) is 10.9. The molecule has 1 N–H and O–H groups in total. The van der Waals surface area contributed by atoms with Crippen LogP contribution < -0.4 is 10.9 Å². The number of aromatic nitrogens is 6. The summed E-state index contributed by atoms with van der Waals surface area (Å²) in [6.45, 7) is 0.475. The minimum Gasteiger partial charge on any atom is -0.352 e. The fraction of sp³-hybridized carbons (Fsp3) is 0.158. The topological polar surface area (TPSA) is 108 Å². The summed E-state index contributed by atoms with van der Waals surface area (Å²) in [5.74, 6) is 0.513. The van der Waals surface area contributed by atoms with E-state index < -0.39 is 0 Å². The molecule has 4 rings (SSSR count). The van der Waals surface area contributed by atoms with Crippen LogP contribution in [0.2, 0.25) is 0 Å². The molecule has 3 heterocycles. The molecule has 9 nitrogen and oxygen atoms in total. The minimum absolute atomic E-state index is 0.119. The van der Waals surface area contributed by atoms with Crippen LogP contribution in [0.5, 0.6) is 0 Å². The number of hydrogen-bond donors (Lipinski definition) is 1. The fourth-order valence-corrected chi connectivity index (χ4v) is 2.84. The summed E-state index contributed by atoms with van der Waals surface area (Å²) in [6, 6.07) is 10.7. The number of aryl methyl sites for hydroxylation is 1. The van der Waals surface area contributed by atoms with E-state index in [0.717, 1.165) is 5.56 Å². The third-order valence-corrected chi connectivity index (χ3v) is 4.27. The van der Waals surface area contributed by atoms with Gasteiger partial charge in [-0.3, -0.25) is 14.2 Å². The number of pyridine rings is 1. The second-order valence-electron chi connectivity index (χ2n) is 6.12. The van der Waals surface area contributed by atoms with E-state index in [1.807, 2.05) is 12.1 Å². The monoisotopic (exact) mass is 375 g/mol. The van der Waals surface area contributed by atoms with E-state index in [1.165, 1.54) is 4.68 Å². The number of fused-ring (bicyclic) bond motifs is 1. The molecule has 0 aliphatic carbocycles. The van der Waals surface area contributed by atoms with Crippen LogP contribution in [0, 0.1) is 0 Å². The van der Waals surface area contributed by atoms with E-state index in [1.54, 1.807) is 53.8 Å². The Morgan fingerprint density at radius 2 is 2.00 bits per heavy atom. The summed E-state index contributed by atoms with van der Waals surface area (Å²) in [6.07, 6.45) is 6.91. The molecule has 3 aromatic heterocycles. The Bertz CT molecular complexity index is 1170. The summed E-state index contributed by atoms with van der Waals surface area (Å²) in [7, 11) is 0. The Morgan fingerprint density at radius 3 is 2.86 bits per heavy atom. The molecule has 0 aliphatic heterocycles. The van der Waals surface area contributed by atoms with Crippen LogP contribution in [-0.2, 0) is 17.9 Å². The van der Waals surface area contributed by atoms with Crippen LogP contribution in [0.15, 0.2) is 66.1 Å². The molecule has 0 aliphatic rings. The zero-order valence-corrected chi connectivity index (χ0v) is 14.9. The fourth-order valence-electron chi connectivity index (χ4n) is 2.84. The van der Waals surface area contributed by atoms with E-state index >= 15 is 0 Å². The summed E-state index contributed by atoms with van der Waals surface area (Å²) < 4.78 is 2.99. The highest BCUT2D eigenvalue weighted by molar-refractivity contribution is 5.77. The molecule has 0 spiro atoms. The Labute approximate surface area is 159 Å². The zero-order chi connectivity index (χ0) is 19.3. The van der Waals surface area contributed by atoms with Crippen LogP contribution in [0.25, 0.3) is 16.7 Å². The van der Waals surface area contributed by atoms with Crippen LogP contribution in [0.3, 0.4) is 0 Å². The smallest absolute Gasteiger partial charge is 0.277 e. The van der Waals surface area contributed by atoms with Gasteiger partial charge in [-0.1, -0.05) is 23.4 Å². The highest BCUT2D eigenvalue weighted by Gasteiger charge is 2.10. The minimum atomic E-state index is -0.256. The molecule has 4 aromatic rings. The van der Waals surface area contributed by atoms with Gasteiger partial charge in [0, 0.05) is 37.1 Å². The van der Waals surface area contributed by atoms with Crippen molar-refractivity contribution in [3.8, 4) is 5.82 Å². The standard InChI is InChI=1S/C19H17N7O2/c27-17(7-10-26-19(28)15-5-1-2-6-16(15)23-24-26)22-12-14-4-3-8-21-18(14)25-11-9-20-13-25/h1-6,8-9,11,13H,7,10,12H2,(H,22,27). The molecule has 1 aromatic carbocycles. The van der Waals surface area contributed by atoms with Crippen molar-refractivity contribution in [2.24, 2.45) is 0 Å².